The Hall–Kier alpha value is -3.00. The van der Waals surface area contributed by atoms with Crippen molar-refractivity contribution in [2.24, 2.45) is 0 Å². The molecule has 0 aromatic heterocycles. The maximum Gasteiger partial charge on any atom is 0.324 e. The second-order valence-corrected chi connectivity index (χ2v) is 8.72. The Morgan fingerprint density at radius 2 is 1.72 bits per heavy atom. The number of imide groups is 1. The van der Waals surface area contributed by atoms with Gasteiger partial charge in [-0.05, 0) is 80.4 Å². The van der Waals surface area contributed by atoms with Gasteiger partial charge in [0.25, 0.3) is 0 Å². The van der Waals surface area contributed by atoms with Gasteiger partial charge < -0.3 is 15.1 Å². The molecular weight excluding hydrogens is 414 g/mol. The van der Waals surface area contributed by atoms with Crippen LogP contribution in [-0.2, 0) is 4.79 Å². The van der Waals surface area contributed by atoms with E-state index >= 15 is 0 Å². The van der Waals surface area contributed by atoms with Crippen LogP contribution in [0.15, 0.2) is 42.5 Å². The zero-order valence-corrected chi connectivity index (χ0v) is 17.8. The standard InChI is InChI=1S/C24H26F2N4O2/c25-16-3-6-18(7-4-16)30-21-8-5-17(26)13-20(21)19-9-12-28(15-22(19)30)10-1-2-11-29-23(31)14-27-24(29)32/h3-8,13,19,22H,1-2,9-12,14-15H2,(H,27,32)/t19-,22+/m1/s1. The lowest BCUT2D eigenvalue weighted by molar-refractivity contribution is -0.125. The van der Waals surface area contributed by atoms with E-state index in [9.17, 15) is 18.4 Å². The first-order chi connectivity index (χ1) is 15.5. The summed E-state index contributed by atoms with van der Waals surface area (Å²) in [7, 11) is 0. The minimum atomic E-state index is -0.304. The van der Waals surface area contributed by atoms with Crippen LogP contribution in [-0.4, -0.2) is 60.5 Å². The maximum atomic E-state index is 14.0. The lowest BCUT2D eigenvalue weighted by Gasteiger charge is -2.39. The molecular formula is C24H26F2N4O2. The molecule has 5 rings (SSSR count). The first kappa shape index (κ1) is 20.9. The van der Waals surface area contributed by atoms with Crippen molar-refractivity contribution in [2.45, 2.75) is 31.2 Å². The number of halogens is 2. The minimum Gasteiger partial charge on any atom is -0.336 e. The molecule has 2 atom stereocenters. The Morgan fingerprint density at radius 1 is 0.969 bits per heavy atom. The van der Waals surface area contributed by atoms with Crippen molar-refractivity contribution in [3.8, 4) is 0 Å². The van der Waals surface area contributed by atoms with Gasteiger partial charge in [-0.25, -0.2) is 13.6 Å². The molecule has 6 nitrogen and oxygen atoms in total. The van der Waals surface area contributed by atoms with E-state index in [0.29, 0.717) is 6.54 Å². The molecule has 0 radical (unpaired) electrons. The van der Waals surface area contributed by atoms with Crippen LogP contribution in [0.5, 0.6) is 0 Å². The van der Waals surface area contributed by atoms with Crippen molar-refractivity contribution in [3.05, 3.63) is 59.7 Å². The topological polar surface area (TPSA) is 55.9 Å². The normalized spacial score (nSPS) is 22.8. The highest BCUT2D eigenvalue weighted by molar-refractivity contribution is 6.01. The van der Waals surface area contributed by atoms with Gasteiger partial charge in [-0.1, -0.05) is 0 Å². The zero-order valence-electron chi connectivity index (χ0n) is 17.8. The highest BCUT2D eigenvalue weighted by Gasteiger charge is 2.42. The molecule has 32 heavy (non-hydrogen) atoms. The third-order valence-corrected chi connectivity index (χ3v) is 6.79. The smallest absolute Gasteiger partial charge is 0.324 e. The number of fused-ring (bicyclic) bond motifs is 3. The third-order valence-electron chi connectivity index (χ3n) is 6.79. The molecule has 3 heterocycles. The lowest BCUT2D eigenvalue weighted by atomic mass is 9.88. The van der Waals surface area contributed by atoms with Gasteiger partial charge in [0, 0.05) is 30.4 Å². The Kier molecular flexibility index (Phi) is 5.55. The molecule has 0 unspecified atom stereocenters. The fraction of sp³-hybridized carbons (Fsp3) is 0.417. The summed E-state index contributed by atoms with van der Waals surface area (Å²) in [5.74, 6) is -0.444. The lowest BCUT2D eigenvalue weighted by Crippen LogP contribution is -2.47. The van der Waals surface area contributed by atoms with Crippen LogP contribution in [0.4, 0.5) is 25.0 Å². The van der Waals surface area contributed by atoms with Crippen molar-refractivity contribution in [1.82, 2.24) is 15.1 Å². The Balaban J connectivity index is 1.27. The van der Waals surface area contributed by atoms with E-state index in [1.165, 1.54) is 23.1 Å². The van der Waals surface area contributed by atoms with E-state index in [4.69, 9.17) is 0 Å². The molecule has 0 spiro atoms. The summed E-state index contributed by atoms with van der Waals surface area (Å²) in [5, 5.41) is 2.54. The highest BCUT2D eigenvalue weighted by Crippen LogP contribution is 2.48. The molecule has 2 fully saturated rings. The average Bonchev–Trinajstić information content (AvgIpc) is 3.28. The summed E-state index contributed by atoms with van der Waals surface area (Å²) < 4.78 is 27.6. The summed E-state index contributed by atoms with van der Waals surface area (Å²) in [5.41, 5.74) is 2.93. The van der Waals surface area contributed by atoms with Crippen LogP contribution < -0.4 is 10.2 Å². The van der Waals surface area contributed by atoms with Gasteiger partial charge in [0.05, 0.1) is 12.6 Å². The first-order valence-electron chi connectivity index (χ1n) is 11.2. The van der Waals surface area contributed by atoms with Crippen LogP contribution in [0.25, 0.3) is 0 Å². The fourth-order valence-corrected chi connectivity index (χ4v) is 5.26. The molecule has 0 saturated carbocycles. The molecule has 3 aliphatic rings. The molecule has 168 valence electrons. The molecule has 0 bridgehead atoms. The van der Waals surface area contributed by atoms with Crippen LogP contribution in [0.3, 0.4) is 0 Å². The highest BCUT2D eigenvalue weighted by atomic mass is 19.1. The Morgan fingerprint density at radius 3 is 2.47 bits per heavy atom. The Bertz CT molecular complexity index is 1010. The molecule has 3 amide bonds. The number of carbonyl (C=O) groups is 2. The summed E-state index contributed by atoms with van der Waals surface area (Å²) in [4.78, 5) is 29.3. The number of nitrogens with one attached hydrogen (secondary N) is 1. The number of carbonyl (C=O) groups excluding carboxylic acids is 2. The van der Waals surface area contributed by atoms with Gasteiger partial charge in [0.1, 0.15) is 11.6 Å². The van der Waals surface area contributed by atoms with Gasteiger partial charge in [-0.2, -0.15) is 0 Å². The second kappa shape index (κ2) is 8.50. The fourth-order valence-electron chi connectivity index (χ4n) is 5.26. The number of hydrogen-bond donors (Lipinski definition) is 1. The number of nitrogens with zero attached hydrogens (tertiary/aromatic N) is 3. The molecule has 3 aliphatic heterocycles. The van der Waals surface area contributed by atoms with Gasteiger partial charge in [0.15, 0.2) is 0 Å². The summed E-state index contributed by atoms with van der Waals surface area (Å²) in [6, 6.07) is 11.3. The predicted octanol–water partition coefficient (Wildman–Crippen LogP) is 3.61. The van der Waals surface area contributed by atoms with Crippen molar-refractivity contribution < 1.29 is 18.4 Å². The number of anilines is 2. The molecule has 2 aromatic carbocycles. The molecule has 1 N–H and O–H groups in total. The van der Waals surface area contributed by atoms with E-state index in [2.05, 4.69) is 15.1 Å². The van der Waals surface area contributed by atoms with Crippen molar-refractivity contribution >= 4 is 23.3 Å². The number of hydrogen-bond acceptors (Lipinski definition) is 4. The number of urea groups is 1. The second-order valence-electron chi connectivity index (χ2n) is 8.72. The van der Waals surface area contributed by atoms with Crippen LogP contribution >= 0.6 is 0 Å². The van der Waals surface area contributed by atoms with E-state index < -0.39 is 0 Å². The number of unbranched alkanes of at least 4 members (excludes halogenated alkanes) is 1. The molecule has 2 saturated heterocycles. The third kappa shape index (κ3) is 3.83. The van der Waals surface area contributed by atoms with Crippen molar-refractivity contribution in [3.63, 3.8) is 0 Å². The monoisotopic (exact) mass is 440 g/mol. The van der Waals surface area contributed by atoms with Gasteiger partial charge in [-0.15, -0.1) is 0 Å². The van der Waals surface area contributed by atoms with Crippen molar-refractivity contribution in [2.75, 3.05) is 37.6 Å². The van der Waals surface area contributed by atoms with Crippen LogP contribution in [0.1, 0.15) is 30.7 Å². The zero-order chi connectivity index (χ0) is 22.2. The van der Waals surface area contributed by atoms with Crippen molar-refractivity contribution in [1.29, 1.82) is 0 Å². The van der Waals surface area contributed by atoms with Gasteiger partial charge >= 0.3 is 6.03 Å². The number of rotatable bonds is 6. The average molecular weight is 440 g/mol. The van der Waals surface area contributed by atoms with Crippen LogP contribution in [0.2, 0.25) is 0 Å². The Labute approximate surface area is 185 Å². The van der Waals surface area contributed by atoms with E-state index in [1.807, 2.05) is 6.07 Å². The number of benzene rings is 2. The summed E-state index contributed by atoms with van der Waals surface area (Å²) in [6.45, 7) is 3.14. The van der Waals surface area contributed by atoms with Gasteiger partial charge in [0.2, 0.25) is 5.91 Å². The van der Waals surface area contributed by atoms with E-state index in [-0.39, 0.29) is 42.1 Å². The summed E-state index contributed by atoms with van der Waals surface area (Å²) >= 11 is 0. The summed E-state index contributed by atoms with van der Waals surface area (Å²) in [6.07, 6.45) is 2.56. The number of likely N-dealkylation sites (tertiary alicyclic amines) is 1. The predicted molar refractivity (Wildman–Crippen MR) is 117 cm³/mol. The van der Waals surface area contributed by atoms with E-state index in [1.54, 1.807) is 18.2 Å². The number of piperidine rings is 1. The minimum absolute atomic E-state index is 0.0917. The SMILES string of the molecule is O=C1CNC(=O)N1CCCCN1CC[C@@H]2c3cc(F)ccc3N(c3ccc(F)cc3)[C@H]2C1. The van der Waals surface area contributed by atoms with E-state index in [0.717, 1.165) is 55.8 Å². The quantitative estimate of drug-likeness (QED) is 0.551. The molecule has 2 aromatic rings. The first-order valence-corrected chi connectivity index (χ1v) is 11.2. The maximum absolute atomic E-state index is 14.0. The number of amides is 3. The molecule has 0 aliphatic carbocycles. The van der Waals surface area contributed by atoms with Gasteiger partial charge in [-0.3, -0.25) is 9.69 Å². The molecule has 8 heteroatoms. The van der Waals surface area contributed by atoms with Crippen LogP contribution in [0, 0.1) is 11.6 Å². The largest absolute Gasteiger partial charge is 0.336 e.